The average molecular weight is 318 g/mol. The topological polar surface area (TPSA) is 85.4 Å². The number of fused-ring (bicyclic) bond motifs is 1. The number of aliphatic hydroxyl groups is 1. The van der Waals surface area contributed by atoms with Gasteiger partial charge in [-0.2, -0.15) is 0 Å². The molecule has 2 aromatic carbocycles. The minimum Gasteiger partial charge on any atom is -0.494 e. The fourth-order valence-electron chi connectivity index (χ4n) is 2.26. The van der Waals surface area contributed by atoms with Crippen molar-refractivity contribution in [1.82, 2.24) is 4.98 Å². The number of anilines is 1. The molecular weight excluding hydrogens is 306 g/mol. The molecule has 4 N–H and O–H groups in total. The van der Waals surface area contributed by atoms with Gasteiger partial charge >= 0.3 is 0 Å². The van der Waals surface area contributed by atoms with E-state index in [2.05, 4.69) is 10.3 Å². The molecule has 0 aliphatic heterocycles. The summed E-state index contributed by atoms with van der Waals surface area (Å²) in [5.41, 5.74) is -0.00607. The van der Waals surface area contributed by atoms with Crippen LogP contribution in [0.15, 0.2) is 42.6 Å². The number of aliphatic hydroxyl groups excluding tert-OH is 1. The summed E-state index contributed by atoms with van der Waals surface area (Å²) in [5, 5.41) is 23.2. The van der Waals surface area contributed by atoms with E-state index in [0.29, 0.717) is 17.1 Å². The Bertz CT molecular complexity index is 892. The van der Waals surface area contributed by atoms with Gasteiger partial charge in [0.05, 0.1) is 0 Å². The molecule has 0 aliphatic rings. The van der Waals surface area contributed by atoms with Crippen molar-refractivity contribution in [2.45, 2.75) is 6.10 Å². The Labute approximate surface area is 129 Å². The van der Waals surface area contributed by atoms with Crippen LogP contribution in [0.4, 0.5) is 14.5 Å². The summed E-state index contributed by atoms with van der Waals surface area (Å²) in [5.74, 6) is -2.73. The molecule has 0 spiro atoms. The molecule has 1 heterocycles. The van der Waals surface area contributed by atoms with E-state index in [1.165, 1.54) is 6.07 Å². The summed E-state index contributed by atoms with van der Waals surface area (Å²) in [7, 11) is 0. The van der Waals surface area contributed by atoms with Gasteiger partial charge in [-0.1, -0.05) is 12.1 Å². The maximum Gasteiger partial charge on any atom is 0.257 e. The molecule has 23 heavy (non-hydrogen) atoms. The highest BCUT2D eigenvalue weighted by Crippen LogP contribution is 2.27. The number of nitrogens with one attached hydrogen (secondary N) is 2. The molecule has 1 aromatic heterocycles. The Morgan fingerprint density at radius 3 is 2.70 bits per heavy atom. The van der Waals surface area contributed by atoms with Crippen molar-refractivity contribution in [2.75, 3.05) is 5.32 Å². The zero-order valence-corrected chi connectivity index (χ0v) is 11.7. The predicted octanol–water partition coefficient (Wildman–Crippen LogP) is 2.82. The van der Waals surface area contributed by atoms with Crippen molar-refractivity contribution in [2.24, 2.45) is 0 Å². The molecule has 0 bridgehead atoms. The van der Waals surface area contributed by atoms with Gasteiger partial charge in [-0.25, -0.2) is 8.78 Å². The molecular formula is C16H12F2N2O3. The van der Waals surface area contributed by atoms with Crippen LogP contribution in [0.2, 0.25) is 0 Å². The Kier molecular flexibility index (Phi) is 3.71. The zero-order valence-electron chi connectivity index (χ0n) is 11.7. The molecule has 5 nitrogen and oxygen atoms in total. The maximum atomic E-state index is 13.6. The second-order valence-electron chi connectivity index (χ2n) is 5.00. The van der Waals surface area contributed by atoms with Gasteiger partial charge < -0.3 is 20.5 Å². The Morgan fingerprint density at radius 2 is 1.96 bits per heavy atom. The van der Waals surface area contributed by atoms with Gasteiger partial charge in [-0.3, -0.25) is 4.79 Å². The van der Waals surface area contributed by atoms with E-state index in [1.807, 2.05) is 0 Å². The smallest absolute Gasteiger partial charge is 0.257 e. The molecule has 0 radical (unpaired) electrons. The highest BCUT2D eigenvalue weighted by molar-refractivity contribution is 5.98. The number of hydrogen-bond donors (Lipinski definition) is 4. The maximum absolute atomic E-state index is 13.6. The number of hydrogen-bond acceptors (Lipinski definition) is 3. The van der Waals surface area contributed by atoms with Crippen LogP contribution in [0.25, 0.3) is 10.8 Å². The van der Waals surface area contributed by atoms with Gasteiger partial charge in [-0.05, 0) is 18.2 Å². The number of carbonyl (C=O) groups is 1. The van der Waals surface area contributed by atoms with Gasteiger partial charge in [0.15, 0.2) is 12.0 Å². The van der Waals surface area contributed by atoms with Crippen LogP contribution in [0, 0.1) is 11.6 Å². The van der Waals surface area contributed by atoms with Gasteiger partial charge in [-0.15, -0.1) is 0 Å². The highest BCUT2D eigenvalue weighted by atomic mass is 19.1. The summed E-state index contributed by atoms with van der Waals surface area (Å²) in [6, 6.07) is 7.30. The second kappa shape index (κ2) is 5.69. The first-order valence-electron chi connectivity index (χ1n) is 6.69. The first-order chi connectivity index (χ1) is 11.0. The molecule has 3 aromatic rings. The van der Waals surface area contributed by atoms with Crippen molar-refractivity contribution in [3.63, 3.8) is 0 Å². The van der Waals surface area contributed by atoms with E-state index in [4.69, 9.17) is 0 Å². The lowest BCUT2D eigenvalue weighted by molar-refractivity contribution is -0.124. The fraction of sp³-hybridized carbons (Fsp3) is 0.0625. The number of aromatic nitrogens is 1. The lowest BCUT2D eigenvalue weighted by Gasteiger charge is -2.12. The van der Waals surface area contributed by atoms with Crippen LogP contribution in [0.5, 0.6) is 5.88 Å². The number of aromatic hydroxyl groups is 1. The monoisotopic (exact) mass is 318 g/mol. The summed E-state index contributed by atoms with van der Waals surface area (Å²) < 4.78 is 26.5. The Balaban J connectivity index is 1.83. The molecule has 0 aliphatic carbocycles. The third-order valence-corrected chi connectivity index (χ3v) is 3.45. The quantitative estimate of drug-likeness (QED) is 0.599. The van der Waals surface area contributed by atoms with E-state index in [-0.39, 0.29) is 11.4 Å². The molecule has 0 saturated carbocycles. The molecule has 1 atom stereocenters. The van der Waals surface area contributed by atoms with Gasteiger partial charge in [0, 0.05) is 34.3 Å². The number of amides is 1. The molecule has 1 amide bonds. The van der Waals surface area contributed by atoms with Crippen LogP contribution in [0.1, 0.15) is 11.7 Å². The van der Waals surface area contributed by atoms with Crippen LogP contribution in [-0.2, 0) is 4.79 Å². The van der Waals surface area contributed by atoms with E-state index in [9.17, 15) is 23.8 Å². The average Bonchev–Trinajstić information content (AvgIpc) is 2.88. The predicted molar refractivity (Wildman–Crippen MR) is 79.9 cm³/mol. The molecule has 1 unspecified atom stereocenters. The SMILES string of the molecule is O=C(Nc1ccc2c[nH]c(O)c2c1)C(O)c1ccc(F)cc1F. The fourth-order valence-corrected chi connectivity index (χ4v) is 2.26. The van der Waals surface area contributed by atoms with Gasteiger partial charge in [0.25, 0.3) is 5.91 Å². The van der Waals surface area contributed by atoms with Crippen molar-refractivity contribution in [3.05, 3.63) is 59.8 Å². The third kappa shape index (κ3) is 2.86. The van der Waals surface area contributed by atoms with E-state index in [1.54, 1.807) is 18.3 Å². The van der Waals surface area contributed by atoms with Crippen LogP contribution < -0.4 is 5.32 Å². The number of aromatic amines is 1. The molecule has 0 saturated heterocycles. The summed E-state index contributed by atoms with van der Waals surface area (Å²) in [4.78, 5) is 14.6. The standard InChI is InChI=1S/C16H12F2N2O3/c17-9-2-4-11(13(18)5-9)14(21)16(23)20-10-3-1-8-7-19-15(22)12(8)6-10/h1-7,14,19,21-22H,(H,20,23). The molecule has 3 rings (SSSR count). The molecule has 0 fully saturated rings. The van der Waals surface area contributed by atoms with Crippen LogP contribution in [-0.4, -0.2) is 21.1 Å². The molecule has 7 heteroatoms. The normalized spacial score (nSPS) is 12.3. The van der Waals surface area contributed by atoms with E-state index < -0.39 is 23.6 Å². The largest absolute Gasteiger partial charge is 0.494 e. The summed E-state index contributed by atoms with van der Waals surface area (Å²) >= 11 is 0. The lowest BCUT2D eigenvalue weighted by Crippen LogP contribution is -2.21. The van der Waals surface area contributed by atoms with Crippen molar-refractivity contribution >= 4 is 22.4 Å². The number of halogens is 2. The van der Waals surface area contributed by atoms with Crippen molar-refractivity contribution in [1.29, 1.82) is 0 Å². The summed E-state index contributed by atoms with van der Waals surface area (Å²) in [6.07, 6.45) is -0.190. The summed E-state index contributed by atoms with van der Waals surface area (Å²) in [6.45, 7) is 0. The van der Waals surface area contributed by atoms with E-state index >= 15 is 0 Å². The minimum atomic E-state index is -1.79. The Morgan fingerprint density at radius 1 is 1.17 bits per heavy atom. The van der Waals surface area contributed by atoms with Crippen LogP contribution >= 0.6 is 0 Å². The number of benzene rings is 2. The van der Waals surface area contributed by atoms with Crippen molar-refractivity contribution < 1.29 is 23.8 Å². The lowest BCUT2D eigenvalue weighted by atomic mass is 10.1. The van der Waals surface area contributed by atoms with E-state index in [0.717, 1.165) is 17.5 Å². The number of H-pyrrole nitrogens is 1. The number of carbonyl (C=O) groups excluding carboxylic acids is 1. The Hall–Kier alpha value is -2.93. The third-order valence-electron chi connectivity index (χ3n) is 3.45. The highest BCUT2D eigenvalue weighted by Gasteiger charge is 2.21. The number of rotatable bonds is 3. The minimum absolute atomic E-state index is 0.0544. The van der Waals surface area contributed by atoms with Gasteiger partial charge in [0.1, 0.15) is 11.6 Å². The van der Waals surface area contributed by atoms with Crippen LogP contribution in [0.3, 0.4) is 0 Å². The second-order valence-corrected chi connectivity index (χ2v) is 5.00. The molecule has 118 valence electrons. The van der Waals surface area contributed by atoms with Gasteiger partial charge in [0.2, 0.25) is 0 Å². The van der Waals surface area contributed by atoms with Crippen molar-refractivity contribution in [3.8, 4) is 5.88 Å². The zero-order chi connectivity index (χ0) is 16.6. The first kappa shape index (κ1) is 15.0. The first-order valence-corrected chi connectivity index (χ1v) is 6.69.